The van der Waals surface area contributed by atoms with E-state index in [9.17, 15) is 35.2 Å². The van der Waals surface area contributed by atoms with Crippen LogP contribution in [0.5, 0.6) is 0 Å². The number of carbonyl (C=O) groups is 1. The van der Waals surface area contributed by atoms with Crippen molar-refractivity contribution in [2.45, 2.75) is 19.1 Å². The summed E-state index contributed by atoms with van der Waals surface area (Å²) in [6.07, 6.45) is -4.84. The third-order valence-electron chi connectivity index (χ3n) is 6.11. The van der Waals surface area contributed by atoms with Gasteiger partial charge in [-0.15, -0.1) is 10.2 Å². The Morgan fingerprint density at radius 1 is 1.05 bits per heavy atom. The number of amides is 1. The van der Waals surface area contributed by atoms with Gasteiger partial charge in [-0.3, -0.25) is 9.10 Å². The van der Waals surface area contributed by atoms with Crippen molar-refractivity contribution in [1.29, 1.82) is 0 Å². The predicted octanol–water partition coefficient (Wildman–Crippen LogP) is 3.28. The minimum absolute atomic E-state index is 0.140. The Bertz CT molecular complexity index is 1620. The number of halogens is 5. The molecule has 0 saturated carbocycles. The van der Waals surface area contributed by atoms with E-state index in [2.05, 4.69) is 15.2 Å². The van der Waals surface area contributed by atoms with E-state index in [-0.39, 0.29) is 25.5 Å². The fourth-order valence-corrected chi connectivity index (χ4v) is 5.76. The number of aromatic nitrogens is 4. The minimum Gasteiger partial charge on any atom is -0.415 e. The Kier molecular flexibility index (Phi) is 7.17. The number of hydrogen-bond acceptors (Lipinski definition) is 7. The van der Waals surface area contributed by atoms with Gasteiger partial charge in [0.1, 0.15) is 5.65 Å². The van der Waals surface area contributed by atoms with Gasteiger partial charge in [0.15, 0.2) is 0 Å². The number of hydrogen-bond donors (Lipinski definition) is 0. The zero-order valence-corrected chi connectivity index (χ0v) is 21.2. The first-order valence-corrected chi connectivity index (χ1v) is 13.1. The van der Waals surface area contributed by atoms with Gasteiger partial charge in [-0.25, -0.2) is 4.98 Å². The number of nitrogens with zero attached hydrogens (tertiary/aromatic N) is 7. The van der Waals surface area contributed by atoms with Crippen LogP contribution in [0, 0.1) is 0 Å². The number of benzene rings is 1. The number of imidazole rings is 1. The van der Waals surface area contributed by atoms with Crippen LogP contribution in [-0.4, -0.2) is 75.5 Å². The average molecular weight is 586 g/mol. The summed E-state index contributed by atoms with van der Waals surface area (Å²) in [5.74, 6) is -2.98. The molecule has 11 nitrogen and oxygen atoms in total. The Morgan fingerprint density at radius 2 is 1.75 bits per heavy atom. The van der Waals surface area contributed by atoms with Crippen LogP contribution in [0.2, 0.25) is 0 Å². The summed E-state index contributed by atoms with van der Waals surface area (Å²) < 4.78 is 100. The summed E-state index contributed by atoms with van der Waals surface area (Å²) in [4.78, 5) is 16.6. The molecule has 1 amide bonds. The molecule has 4 aromatic rings. The number of pyridine rings is 1. The number of alkyl halides is 5. The SMILES string of the molecule is O=C(N1CCN(S(=O)(=O)N(Cc2cn3ccc(-c4nnc(C(F)F)o4)cc3n2)c2ccccc2)CC1)C(F)(F)F. The molecule has 0 atom stereocenters. The van der Waals surface area contributed by atoms with Crippen molar-refractivity contribution in [3.63, 3.8) is 0 Å². The Balaban J connectivity index is 1.40. The smallest absolute Gasteiger partial charge is 0.415 e. The standard InChI is InChI=1S/C23H20F5N7O4S/c24-19(25)21-31-30-20(39-21)15-6-7-33-13-16(29-18(33)12-15)14-35(17-4-2-1-3-5-17)40(37,38)34-10-8-32(9-11-34)22(36)23(26,27)28/h1-7,12-13,19H,8-11,14H2. The van der Waals surface area contributed by atoms with E-state index in [1.54, 1.807) is 47.1 Å². The van der Waals surface area contributed by atoms with Gasteiger partial charge >= 0.3 is 28.7 Å². The van der Waals surface area contributed by atoms with Crippen LogP contribution >= 0.6 is 0 Å². The molecule has 0 spiro atoms. The van der Waals surface area contributed by atoms with E-state index >= 15 is 0 Å². The molecule has 5 rings (SSSR count). The molecule has 0 bridgehead atoms. The van der Waals surface area contributed by atoms with Crippen molar-refractivity contribution < 1.29 is 39.6 Å². The van der Waals surface area contributed by atoms with Crippen molar-refractivity contribution in [1.82, 2.24) is 28.8 Å². The first-order valence-electron chi connectivity index (χ1n) is 11.7. The normalized spacial score (nSPS) is 15.2. The zero-order valence-electron chi connectivity index (χ0n) is 20.4. The van der Waals surface area contributed by atoms with E-state index < -0.39 is 47.7 Å². The van der Waals surface area contributed by atoms with Gasteiger partial charge in [-0.2, -0.15) is 34.7 Å². The van der Waals surface area contributed by atoms with Crippen LogP contribution < -0.4 is 4.31 Å². The second kappa shape index (κ2) is 10.5. The second-order valence-electron chi connectivity index (χ2n) is 8.70. The van der Waals surface area contributed by atoms with E-state index in [1.165, 1.54) is 12.1 Å². The summed E-state index contributed by atoms with van der Waals surface area (Å²) in [5.41, 5.74) is 1.27. The molecular weight excluding hydrogens is 565 g/mol. The maximum absolute atomic E-state index is 13.7. The van der Waals surface area contributed by atoms with Crippen LogP contribution in [0.4, 0.5) is 27.6 Å². The maximum Gasteiger partial charge on any atom is 0.471 e. The topological polar surface area (TPSA) is 117 Å². The highest BCUT2D eigenvalue weighted by molar-refractivity contribution is 7.90. The van der Waals surface area contributed by atoms with E-state index in [4.69, 9.17) is 4.42 Å². The third-order valence-corrected chi connectivity index (χ3v) is 8.02. The average Bonchev–Trinajstić information content (AvgIpc) is 3.58. The highest BCUT2D eigenvalue weighted by Crippen LogP contribution is 2.27. The van der Waals surface area contributed by atoms with Crippen molar-refractivity contribution in [3.8, 4) is 11.5 Å². The van der Waals surface area contributed by atoms with Gasteiger partial charge in [0.05, 0.1) is 17.9 Å². The second-order valence-corrected chi connectivity index (χ2v) is 10.6. The fraction of sp³-hybridized carbons (Fsp3) is 0.304. The summed E-state index contributed by atoms with van der Waals surface area (Å²) in [6, 6.07) is 11.1. The van der Waals surface area contributed by atoms with Crippen LogP contribution in [0.15, 0.2) is 59.3 Å². The Labute approximate surface area is 223 Å². The minimum atomic E-state index is -5.05. The summed E-state index contributed by atoms with van der Waals surface area (Å²) >= 11 is 0. The molecule has 1 saturated heterocycles. The third kappa shape index (κ3) is 5.46. The Morgan fingerprint density at radius 3 is 2.38 bits per heavy atom. The molecular formula is C23H20F5N7O4S. The molecule has 0 N–H and O–H groups in total. The monoisotopic (exact) mass is 585 g/mol. The van der Waals surface area contributed by atoms with Gasteiger partial charge in [0.25, 0.3) is 5.89 Å². The number of anilines is 1. The maximum atomic E-state index is 13.7. The van der Waals surface area contributed by atoms with Crippen molar-refractivity contribution in [2.24, 2.45) is 0 Å². The number of para-hydroxylation sites is 1. The molecule has 1 aliphatic heterocycles. The fourth-order valence-electron chi connectivity index (χ4n) is 4.17. The highest BCUT2D eigenvalue weighted by Gasteiger charge is 2.44. The Hall–Kier alpha value is -4.12. The van der Waals surface area contributed by atoms with Crippen molar-refractivity contribution in [3.05, 3.63) is 66.4 Å². The number of piperazine rings is 1. The van der Waals surface area contributed by atoms with Crippen LogP contribution in [0.3, 0.4) is 0 Å². The summed E-state index contributed by atoms with van der Waals surface area (Å²) in [5, 5.41) is 6.91. The quantitative estimate of drug-likeness (QED) is 0.306. The van der Waals surface area contributed by atoms with E-state index in [0.717, 1.165) is 8.61 Å². The number of carbonyl (C=O) groups excluding carboxylic acids is 1. The molecule has 17 heteroatoms. The molecule has 1 aromatic carbocycles. The molecule has 3 aromatic heterocycles. The first kappa shape index (κ1) is 27.4. The molecule has 40 heavy (non-hydrogen) atoms. The first-order chi connectivity index (χ1) is 18.9. The van der Waals surface area contributed by atoms with Crippen molar-refractivity contribution >= 4 is 27.5 Å². The lowest BCUT2D eigenvalue weighted by Crippen LogP contribution is -2.56. The van der Waals surface area contributed by atoms with Gasteiger partial charge in [0.2, 0.25) is 5.89 Å². The molecule has 0 unspecified atom stereocenters. The van der Waals surface area contributed by atoms with Gasteiger partial charge in [0, 0.05) is 44.1 Å². The highest BCUT2D eigenvalue weighted by atomic mass is 32.2. The lowest BCUT2D eigenvalue weighted by Gasteiger charge is -2.37. The predicted molar refractivity (Wildman–Crippen MR) is 129 cm³/mol. The lowest BCUT2D eigenvalue weighted by molar-refractivity contribution is -0.186. The van der Waals surface area contributed by atoms with Crippen LogP contribution in [0.1, 0.15) is 18.0 Å². The van der Waals surface area contributed by atoms with Crippen LogP contribution in [-0.2, 0) is 21.5 Å². The molecule has 0 radical (unpaired) electrons. The molecule has 0 aliphatic carbocycles. The number of rotatable bonds is 7. The van der Waals surface area contributed by atoms with Gasteiger partial charge in [-0.05, 0) is 24.3 Å². The van der Waals surface area contributed by atoms with E-state index in [1.807, 2.05) is 0 Å². The molecule has 1 fully saturated rings. The molecule has 212 valence electrons. The van der Waals surface area contributed by atoms with E-state index in [0.29, 0.717) is 27.5 Å². The lowest BCUT2D eigenvalue weighted by atomic mass is 10.2. The zero-order chi connectivity index (χ0) is 28.7. The number of fused-ring (bicyclic) bond motifs is 1. The molecule has 1 aliphatic rings. The largest absolute Gasteiger partial charge is 0.471 e. The summed E-state index contributed by atoms with van der Waals surface area (Å²) in [6.45, 7) is -1.72. The van der Waals surface area contributed by atoms with Gasteiger partial charge < -0.3 is 13.7 Å². The summed E-state index contributed by atoms with van der Waals surface area (Å²) in [7, 11) is -4.26. The molecule has 4 heterocycles. The van der Waals surface area contributed by atoms with Crippen LogP contribution in [0.25, 0.3) is 17.1 Å². The van der Waals surface area contributed by atoms with Gasteiger partial charge in [-0.1, -0.05) is 18.2 Å². The van der Waals surface area contributed by atoms with Crippen molar-refractivity contribution in [2.75, 3.05) is 30.5 Å².